The fraction of sp³-hybridized carbons (Fsp3) is 0.632. The lowest BCUT2D eigenvalue weighted by Crippen LogP contribution is -2.34. The molecule has 0 heterocycles. The number of hydroxylamine groups is 2. The molecule has 1 amide bonds. The van der Waals surface area contributed by atoms with Gasteiger partial charge in [0.1, 0.15) is 6.10 Å². The van der Waals surface area contributed by atoms with E-state index in [9.17, 15) is 10.0 Å². The van der Waals surface area contributed by atoms with Crippen molar-refractivity contribution in [2.24, 2.45) is 5.41 Å². The molecule has 25 heavy (non-hydrogen) atoms. The largest absolute Gasteiger partial charge is 0.439 e. The normalized spacial score (nSPS) is 12.7. The number of rotatable bonds is 10. The van der Waals surface area contributed by atoms with Crippen molar-refractivity contribution in [3.63, 3.8) is 0 Å². The molecule has 0 saturated carbocycles. The molecule has 0 bridgehead atoms. The van der Waals surface area contributed by atoms with Gasteiger partial charge in [-0.2, -0.15) is 5.06 Å². The summed E-state index contributed by atoms with van der Waals surface area (Å²) in [5.41, 5.74) is 0.636. The van der Waals surface area contributed by atoms with Crippen LogP contribution in [0.2, 0.25) is 0 Å². The predicted octanol–water partition coefficient (Wildman–Crippen LogP) is 3.62. The maximum atomic E-state index is 12.2. The van der Waals surface area contributed by atoms with Crippen LogP contribution in [0.25, 0.3) is 0 Å². The maximum absolute atomic E-state index is 12.2. The van der Waals surface area contributed by atoms with Crippen molar-refractivity contribution in [3.8, 4) is 0 Å². The average molecular weight is 352 g/mol. The van der Waals surface area contributed by atoms with Crippen molar-refractivity contribution in [2.75, 3.05) is 33.4 Å². The van der Waals surface area contributed by atoms with Crippen LogP contribution in [-0.2, 0) is 9.47 Å². The van der Waals surface area contributed by atoms with Gasteiger partial charge in [-0.3, -0.25) is 5.21 Å². The summed E-state index contributed by atoms with van der Waals surface area (Å²) >= 11 is 0. The van der Waals surface area contributed by atoms with Crippen LogP contribution in [-0.4, -0.2) is 49.7 Å². The molecule has 0 fully saturated rings. The van der Waals surface area contributed by atoms with Gasteiger partial charge in [-0.05, 0) is 31.5 Å². The van der Waals surface area contributed by atoms with E-state index in [1.54, 1.807) is 7.11 Å². The number of methoxy groups -OCH3 is 1. The van der Waals surface area contributed by atoms with E-state index in [2.05, 4.69) is 5.32 Å². The number of amides is 1. The van der Waals surface area contributed by atoms with Gasteiger partial charge in [-0.15, -0.1) is 0 Å². The third-order valence-electron chi connectivity index (χ3n) is 3.74. The van der Waals surface area contributed by atoms with Gasteiger partial charge in [0.05, 0.1) is 6.54 Å². The van der Waals surface area contributed by atoms with E-state index in [1.165, 1.54) is 0 Å². The molecular formula is C19H32N2O4. The molecule has 1 unspecified atom stereocenters. The summed E-state index contributed by atoms with van der Waals surface area (Å²) in [4.78, 5) is 12.2. The van der Waals surface area contributed by atoms with Crippen LogP contribution in [0.4, 0.5) is 4.79 Å². The number of ether oxygens (including phenoxy) is 2. The van der Waals surface area contributed by atoms with Gasteiger partial charge in [-0.25, -0.2) is 4.79 Å². The minimum Gasteiger partial charge on any atom is -0.439 e. The summed E-state index contributed by atoms with van der Waals surface area (Å²) < 4.78 is 10.5. The van der Waals surface area contributed by atoms with E-state index < -0.39 is 12.2 Å². The van der Waals surface area contributed by atoms with Gasteiger partial charge >= 0.3 is 6.09 Å². The molecule has 1 aromatic carbocycles. The van der Waals surface area contributed by atoms with Crippen LogP contribution in [0.3, 0.4) is 0 Å². The highest BCUT2D eigenvalue weighted by Crippen LogP contribution is 2.36. The Morgan fingerprint density at radius 3 is 2.44 bits per heavy atom. The Labute approximate surface area is 151 Å². The van der Waals surface area contributed by atoms with Crippen LogP contribution in [0.1, 0.15) is 45.3 Å². The molecule has 0 aliphatic heterocycles. The molecule has 2 N–H and O–H groups in total. The number of nitrogens with zero attached hydrogens (tertiary/aromatic N) is 1. The van der Waals surface area contributed by atoms with Crippen molar-refractivity contribution in [3.05, 3.63) is 35.9 Å². The first-order valence-corrected chi connectivity index (χ1v) is 8.78. The Morgan fingerprint density at radius 1 is 1.20 bits per heavy atom. The lowest BCUT2D eigenvalue weighted by Gasteiger charge is -2.31. The van der Waals surface area contributed by atoms with E-state index in [4.69, 9.17) is 9.47 Å². The minimum absolute atomic E-state index is 0.224. The van der Waals surface area contributed by atoms with Crippen molar-refractivity contribution in [1.82, 2.24) is 10.4 Å². The van der Waals surface area contributed by atoms with Gasteiger partial charge in [0.2, 0.25) is 0 Å². The second-order valence-corrected chi connectivity index (χ2v) is 7.11. The third-order valence-corrected chi connectivity index (χ3v) is 3.74. The first-order chi connectivity index (χ1) is 11.9. The standard InChI is InChI=1S/C19H32N2O4/c1-19(2,3)17(16-10-6-5-7-11-16)25-18(22)21(23)14-8-12-20-13-9-15-24-4/h5-7,10-11,17,20,23H,8-9,12-15H2,1-4H3. The van der Waals surface area contributed by atoms with Gasteiger partial charge in [0.25, 0.3) is 0 Å². The molecule has 0 saturated heterocycles. The fourth-order valence-electron chi connectivity index (χ4n) is 2.45. The number of hydrogen-bond acceptors (Lipinski definition) is 5. The third kappa shape index (κ3) is 8.34. The summed E-state index contributed by atoms with van der Waals surface area (Å²) in [6, 6.07) is 9.59. The van der Waals surface area contributed by atoms with Gasteiger partial charge in [-0.1, -0.05) is 51.1 Å². The van der Waals surface area contributed by atoms with E-state index >= 15 is 0 Å². The second-order valence-electron chi connectivity index (χ2n) is 7.11. The number of carbonyl (C=O) groups is 1. The highest BCUT2D eigenvalue weighted by atomic mass is 16.6. The van der Waals surface area contributed by atoms with Crippen molar-refractivity contribution in [2.45, 2.75) is 39.7 Å². The smallest absolute Gasteiger partial charge is 0.434 e. The Kier molecular flexibility index (Phi) is 9.49. The van der Waals surface area contributed by atoms with Gasteiger partial charge < -0.3 is 14.8 Å². The van der Waals surface area contributed by atoms with Gasteiger partial charge in [0.15, 0.2) is 0 Å². The van der Waals surface area contributed by atoms with Crippen molar-refractivity contribution in [1.29, 1.82) is 0 Å². The first-order valence-electron chi connectivity index (χ1n) is 8.78. The van der Waals surface area contributed by atoms with E-state index in [0.29, 0.717) is 11.5 Å². The fourth-order valence-corrected chi connectivity index (χ4v) is 2.45. The quantitative estimate of drug-likeness (QED) is 0.382. The van der Waals surface area contributed by atoms with Crippen molar-refractivity contribution < 1.29 is 19.5 Å². The maximum Gasteiger partial charge on any atom is 0.434 e. The highest BCUT2D eigenvalue weighted by molar-refractivity contribution is 5.66. The van der Waals surface area contributed by atoms with Crippen LogP contribution < -0.4 is 5.32 Å². The molecule has 142 valence electrons. The van der Waals surface area contributed by atoms with Crippen molar-refractivity contribution >= 4 is 6.09 Å². The Balaban J connectivity index is 2.43. The molecule has 6 heteroatoms. The summed E-state index contributed by atoms with van der Waals surface area (Å²) in [6.45, 7) is 8.52. The molecule has 1 atom stereocenters. The SMILES string of the molecule is COCCCNCCCN(O)C(=O)OC(c1ccccc1)C(C)(C)C. The summed E-state index contributed by atoms with van der Waals surface area (Å²) in [5.74, 6) is 0. The molecule has 0 aliphatic rings. The topological polar surface area (TPSA) is 71.0 Å². The zero-order valence-corrected chi connectivity index (χ0v) is 15.8. The first kappa shape index (κ1) is 21.4. The lowest BCUT2D eigenvalue weighted by molar-refractivity contribution is -0.0959. The molecular weight excluding hydrogens is 320 g/mol. The lowest BCUT2D eigenvalue weighted by atomic mass is 9.84. The zero-order valence-electron chi connectivity index (χ0n) is 15.8. The van der Waals surface area contributed by atoms with E-state index in [1.807, 2.05) is 51.1 Å². The Morgan fingerprint density at radius 2 is 1.84 bits per heavy atom. The molecule has 0 aliphatic carbocycles. The second kappa shape index (κ2) is 11.1. The Bertz CT molecular complexity index is 488. The van der Waals surface area contributed by atoms with E-state index in [0.717, 1.165) is 31.7 Å². The number of nitrogens with one attached hydrogen (secondary N) is 1. The summed E-state index contributed by atoms with van der Waals surface area (Å²) in [6.07, 6.45) is 0.432. The van der Waals surface area contributed by atoms with Crippen LogP contribution in [0.5, 0.6) is 0 Å². The number of benzene rings is 1. The summed E-state index contributed by atoms with van der Waals surface area (Å²) in [7, 11) is 1.68. The van der Waals surface area contributed by atoms with Gasteiger partial charge in [0, 0.05) is 19.1 Å². The van der Waals surface area contributed by atoms with E-state index in [-0.39, 0.29) is 12.0 Å². The number of hydrogen-bond donors (Lipinski definition) is 2. The molecule has 6 nitrogen and oxygen atoms in total. The highest BCUT2D eigenvalue weighted by Gasteiger charge is 2.31. The predicted molar refractivity (Wildman–Crippen MR) is 97.6 cm³/mol. The average Bonchev–Trinajstić information content (AvgIpc) is 2.58. The number of carbonyl (C=O) groups excluding carboxylic acids is 1. The molecule has 0 aromatic heterocycles. The van der Waals surface area contributed by atoms with Crippen LogP contribution in [0.15, 0.2) is 30.3 Å². The minimum atomic E-state index is -0.719. The molecule has 1 rings (SSSR count). The molecule has 0 radical (unpaired) electrons. The Hall–Kier alpha value is -1.63. The summed E-state index contributed by atoms with van der Waals surface area (Å²) in [5, 5.41) is 13.8. The molecule has 0 spiro atoms. The zero-order chi connectivity index (χ0) is 18.7. The monoisotopic (exact) mass is 352 g/mol. The van der Waals surface area contributed by atoms with Crippen LogP contribution in [0, 0.1) is 5.41 Å². The molecule has 1 aromatic rings. The van der Waals surface area contributed by atoms with Crippen LogP contribution >= 0.6 is 0 Å².